The van der Waals surface area contributed by atoms with Crippen molar-refractivity contribution in [3.8, 4) is 0 Å². The van der Waals surface area contributed by atoms with Gasteiger partial charge >= 0.3 is 0 Å². The minimum absolute atomic E-state index is 0.337. The Bertz CT molecular complexity index is 914. The third-order valence-electron chi connectivity index (χ3n) is 5.13. The smallest absolute Gasteiger partial charge is 0.289 e. The Kier molecular flexibility index (Phi) is 4.12. The molecule has 128 valence electrons. The fourth-order valence-electron chi connectivity index (χ4n) is 3.95. The van der Waals surface area contributed by atoms with Gasteiger partial charge in [0.2, 0.25) is 0 Å². The maximum Gasteiger partial charge on any atom is 0.289 e. The Balaban J connectivity index is 1.92. The Labute approximate surface area is 146 Å². The first kappa shape index (κ1) is 16.0. The van der Waals surface area contributed by atoms with Crippen LogP contribution in [0.25, 0.3) is 0 Å². The van der Waals surface area contributed by atoms with Crippen molar-refractivity contribution in [3.63, 3.8) is 0 Å². The number of aryl methyl sites for hydroxylation is 2. The van der Waals surface area contributed by atoms with Crippen LogP contribution >= 0.6 is 0 Å². The summed E-state index contributed by atoms with van der Waals surface area (Å²) in [5, 5.41) is 0. The normalized spacial score (nSPS) is 15.0. The van der Waals surface area contributed by atoms with Gasteiger partial charge in [-0.15, -0.1) is 0 Å². The highest BCUT2D eigenvalue weighted by atomic mass is 19.1. The first-order chi connectivity index (χ1) is 12.1. The van der Waals surface area contributed by atoms with Gasteiger partial charge in [-0.05, 0) is 60.9 Å². The van der Waals surface area contributed by atoms with Gasteiger partial charge in [0.25, 0.3) is 6.08 Å². The van der Waals surface area contributed by atoms with Gasteiger partial charge in [-0.2, -0.15) is 4.39 Å². The zero-order valence-corrected chi connectivity index (χ0v) is 14.2. The van der Waals surface area contributed by atoms with Gasteiger partial charge in [-0.25, -0.2) is 9.37 Å². The molecule has 0 amide bonds. The van der Waals surface area contributed by atoms with Crippen LogP contribution in [0.3, 0.4) is 0 Å². The van der Waals surface area contributed by atoms with Crippen LogP contribution in [0.4, 0.5) is 8.78 Å². The summed E-state index contributed by atoms with van der Waals surface area (Å²) in [5.41, 5.74) is 5.26. The summed E-state index contributed by atoms with van der Waals surface area (Å²) in [6.45, 7) is 2.09. The molecule has 25 heavy (non-hydrogen) atoms. The van der Waals surface area contributed by atoms with Gasteiger partial charge in [0.1, 0.15) is 5.82 Å². The molecule has 0 aliphatic heterocycles. The van der Waals surface area contributed by atoms with E-state index in [-0.39, 0.29) is 5.82 Å². The van der Waals surface area contributed by atoms with Gasteiger partial charge in [-0.3, -0.25) is 4.57 Å². The number of fused-ring (bicyclic) bond motifs is 1. The third-order valence-corrected chi connectivity index (χ3v) is 5.13. The van der Waals surface area contributed by atoms with E-state index in [0.717, 1.165) is 18.4 Å². The van der Waals surface area contributed by atoms with E-state index < -0.39 is 12.1 Å². The number of hydrogen-bond donors (Lipinski definition) is 0. The minimum atomic E-state index is -0.608. The first-order valence-electron chi connectivity index (χ1n) is 8.70. The Morgan fingerprint density at radius 1 is 1.08 bits per heavy atom. The topological polar surface area (TPSA) is 17.8 Å². The van der Waals surface area contributed by atoms with Crippen molar-refractivity contribution >= 4 is 0 Å². The molecule has 4 heteroatoms. The monoisotopic (exact) mass is 338 g/mol. The van der Waals surface area contributed by atoms with Gasteiger partial charge in [0.15, 0.2) is 0 Å². The molecule has 2 nitrogen and oxygen atoms in total. The highest BCUT2D eigenvalue weighted by Crippen LogP contribution is 2.34. The van der Waals surface area contributed by atoms with Gasteiger partial charge in [0, 0.05) is 18.0 Å². The van der Waals surface area contributed by atoms with Crippen LogP contribution in [-0.4, -0.2) is 9.55 Å². The van der Waals surface area contributed by atoms with Crippen molar-refractivity contribution in [3.05, 3.63) is 88.5 Å². The fourth-order valence-corrected chi connectivity index (χ4v) is 3.95. The number of nitrogens with zero attached hydrogens (tertiary/aromatic N) is 2. The molecule has 1 aliphatic carbocycles. The van der Waals surface area contributed by atoms with Crippen LogP contribution < -0.4 is 0 Å². The van der Waals surface area contributed by atoms with E-state index in [0.29, 0.717) is 5.56 Å². The highest BCUT2D eigenvalue weighted by Gasteiger charge is 2.24. The van der Waals surface area contributed by atoms with Crippen molar-refractivity contribution < 1.29 is 8.78 Å². The Hall–Kier alpha value is -2.49. The van der Waals surface area contributed by atoms with Crippen LogP contribution in [0.5, 0.6) is 0 Å². The molecule has 2 aromatic carbocycles. The van der Waals surface area contributed by atoms with E-state index in [4.69, 9.17) is 0 Å². The molecule has 1 unspecified atom stereocenters. The van der Waals surface area contributed by atoms with Crippen LogP contribution in [-0.2, 0) is 12.8 Å². The Morgan fingerprint density at radius 3 is 2.64 bits per heavy atom. The molecule has 1 aliphatic rings. The van der Waals surface area contributed by atoms with Crippen molar-refractivity contribution in [1.82, 2.24) is 9.55 Å². The summed E-state index contributed by atoms with van der Waals surface area (Å²) in [6.07, 6.45) is 6.87. The second-order valence-corrected chi connectivity index (χ2v) is 6.71. The van der Waals surface area contributed by atoms with E-state index in [2.05, 4.69) is 24.0 Å². The number of aromatic nitrogens is 2. The maximum atomic E-state index is 14.5. The molecule has 0 spiro atoms. The lowest BCUT2D eigenvalue weighted by Crippen LogP contribution is -2.17. The zero-order valence-electron chi connectivity index (χ0n) is 14.2. The van der Waals surface area contributed by atoms with Crippen LogP contribution in [0.1, 0.15) is 46.7 Å². The molecule has 0 bridgehead atoms. The largest absolute Gasteiger partial charge is 0.296 e. The number of halogens is 2. The average molecular weight is 338 g/mol. The number of benzene rings is 2. The van der Waals surface area contributed by atoms with Gasteiger partial charge in [0.05, 0.1) is 6.04 Å². The SMILES string of the molecule is Cc1cc(C(c2ccccc2F)n2ccnc2F)cc2c1CCCC2. The summed E-state index contributed by atoms with van der Waals surface area (Å²) < 4.78 is 30.2. The summed E-state index contributed by atoms with van der Waals surface area (Å²) in [5.74, 6) is -0.337. The molecular weight excluding hydrogens is 318 g/mol. The quantitative estimate of drug-likeness (QED) is 0.658. The van der Waals surface area contributed by atoms with Crippen LogP contribution in [0.2, 0.25) is 0 Å². The van der Waals surface area contributed by atoms with E-state index in [1.54, 1.807) is 24.4 Å². The lowest BCUT2D eigenvalue weighted by Gasteiger charge is -2.25. The van der Waals surface area contributed by atoms with E-state index in [1.807, 2.05) is 0 Å². The van der Waals surface area contributed by atoms with Crippen molar-refractivity contribution in [2.75, 3.05) is 0 Å². The number of rotatable bonds is 3. The number of hydrogen-bond acceptors (Lipinski definition) is 1. The summed E-state index contributed by atoms with van der Waals surface area (Å²) in [6, 6.07) is 10.2. The lowest BCUT2D eigenvalue weighted by atomic mass is 9.85. The molecular formula is C21H20F2N2. The van der Waals surface area contributed by atoms with E-state index in [1.165, 1.54) is 46.4 Å². The van der Waals surface area contributed by atoms with Crippen LogP contribution in [0.15, 0.2) is 48.8 Å². The van der Waals surface area contributed by atoms with Gasteiger partial charge < -0.3 is 0 Å². The maximum absolute atomic E-state index is 14.5. The molecule has 0 saturated carbocycles. The molecule has 0 radical (unpaired) electrons. The molecule has 1 heterocycles. The van der Waals surface area contributed by atoms with E-state index in [9.17, 15) is 8.78 Å². The van der Waals surface area contributed by atoms with E-state index >= 15 is 0 Å². The fraction of sp³-hybridized carbons (Fsp3) is 0.286. The molecule has 0 N–H and O–H groups in total. The molecule has 1 atom stereocenters. The van der Waals surface area contributed by atoms with Crippen molar-refractivity contribution in [2.24, 2.45) is 0 Å². The predicted molar refractivity (Wildman–Crippen MR) is 93.6 cm³/mol. The van der Waals surface area contributed by atoms with Crippen molar-refractivity contribution in [2.45, 2.75) is 38.6 Å². The minimum Gasteiger partial charge on any atom is -0.296 e. The highest BCUT2D eigenvalue weighted by molar-refractivity contribution is 5.44. The lowest BCUT2D eigenvalue weighted by molar-refractivity contribution is 0.450. The molecule has 3 aromatic rings. The summed E-state index contributed by atoms with van der Waals surface area (Å²) in [4.78, 5) is 3.70. The first-order valence-corrected chi connectivity index (χ1v) is 8.70. The Morgan fingerprint density at radius 2 is 1.88 bits per heavy atom. The van der Waals surface area contributed by atoms with Crippen molar-refractivity contribution in [1.29, 1.82) is 0 Å². The van der Waals surface area contributed by atoms with Crippen LogP contribution in [0, 0.1) is 18.8 Å². The molecule has 0 saturated heterocycles. The third kappa shape index (κ3) is 2.86. The van der Waals surface area contributed by atoms with Gasteiger partial charge in [-0.1, -0.05) is 30.3 Å². The molecule has 0 fully saturated rings. The average Bonchev–Trinajstić information content (AvgIpc) is 3.03. The second kappa shape index (κ2) is 6.43. The number of imidazole rings is 1. The second-order valence-electron chi connectivity index (χ2n) is 6.71. The summed E-state index contributed by atoms with van der Waals surface area (Å²) >= 11 is 0. The zero-order chi connectivity index (χ0) is 17.4. The molecule has 1 aromatic heterocycles. The standard InChI is InChI=1S/C21H20F2N2/c1-14-12-16(13-15-6-2-3-7-17(14)15)20(25-11-10-24-21(25)23)18-8-4-5-9-19(18)22/h4-5,8-13,20H,2-3,6-7H2,1H3. The predicted octanol–water partition coefficient (Wildman–Crippen LogP) is 4.99. The summed E-state index contributed by atoms with van der Waals surface area (Å²) in [7, 11) is 0. The molecule has 4 rings (SSSR count).